The normalized spacial score (nSPS) is 16.9. The van der Waals surface area contributed by atoms with Crippen molar-refractivity contribution >= 4 is 22.9 Å². The summed E-state index contributed by atoms with van der Waals surface area (Å²) in [5.41, 5.74) is 3.63. The molecule has 3 heterocycles. The van der Waals surface area contributed by atoms with E-state index in [1.165, 1.54) is 0 Å². The van der Waals surface area contributed by atoms with E-state index in [1.807, 2.05) is 88.7 Å². The van der Waals surface area contributed by atoms with E-state index in [9.17, 15) is 9.59 Å². The van der Waals surface area contributed by atoms with Crippen LogP contribution >= 0.6 is 0 Å². The van der Waals surface area contributed by atoms with E-state index in [0.717, 1.165) is 24.2 Å². The maximum atomic E-state index is 13.1. The van der Waals surface area contributed by atoms with E-state index in [-0.39, 0.29) is 11.8 Å². The molecule has 1 aromatic heterocycles. The Morgan fingerprint density at radius 1 is 0.743 bits per heavy atom. The minimum Gasteiger partial charge on any atom is -0.436 e. The molecule has 7 nitrogen and oxygen atoms in total. The van der Waals surface area contributed by atoms with Gasteiger partial charge in [0.05, 0.1) is 0 Å². The Morgan fingerprint density at radius 2 is 1.40 bits per heavy atom. The van der Waals surface area contributed by atoms with Crippen molar-refractivity contribution in [3.8, 4) is 11.5 Å². The second-order valence-electron chi connectivity index (χ2n) is 9.13. The zero-order chi connectivity index (χ0) is 23.8. The van der Waals surface area contributed by atoms with Crippen LogP contribution in [0.5, 0.6) is 0 Å². The van der Waals surface area contributed by atoms with Crippen LogP contribution in [0.4, 0.5) is 0 Å². The number of oxazole rings is 1. The van der Waals surface area contributed by atoms with Gasteiger partial charge in [-0.15, -0.1) is 0 Å². The monoisotopic (exact) mass is 466 g/mol. The standard InChI is InChI=1S/C28H26N4O3/c33-27(21-9-5-2-6-10-21)31-15-13-30(14-16-31)23-18-32(19-23)28(34)22-11-12-25-24(17-22)29-26(35-25)20-7-3-1-4-8-20/h1-12,17,23H,13-16,18-19H2. The van der Waals surface area contributed by atoms with Crippen LogP contribution in [0.3, 0.4) is 0 Å². The predicted octanol–water partition coefficient (Wildman–Crippen LogP) is 3.78. The Kier molecular flexibility index (Phi) is 5.54. The summed E-state index contributed by atoms with van der Waals surface area (Å²) in [6, 6.07) is 25.0. The SMILES string of the molecule is O=C(c1ccccc1)N1CCN(C2CN(C(=O)c3ccc4oc(-c5ccccc5)nc4c3)C2)CC1. The fraction of sp³-hybridized carbons (Fsp3) is 0.250. The predicted molar refractivity (Wildman–Crippen MR) is 133 cm³/mol. The Labute approximate surface area is 203 Å². The first-order valence-electron chi connectivity index (χ1n) is 12.0. The second kappa shape index (κ2) is 9.00. The van der Waals surface area contributed by atoms with Gasteiger partial charge in [0, 0.05) is 62.0 Å². The Bertz CT molecular complexity index is 1360. The van der Waals surface area contributed by atoms with E-state index in [4.69, 9.17) is 4.42 Å². The number of aromatic nitrogens is 1. The molecule has 6 rings (SSSR count). The maximum absolute atomic E-state index is 13.1. The highest BCUT2D eigenvalue weighted by molar-refractivity contribution is 5.98. The number of fused-ring (bicyclic) bond motifs is 1. The van der Waals surface area contributed by atoms with Crippen molar-refractivity contribution < 1.29 is 14.0 Å². The minimum atomic E-state index is 0.0188. The quantitative estimate of drug-likeness (QED) is 0.458. The topological polar surface area (TPSA) is 69.9 Å². The van der Waals surface area contributed by atoms with Gasteiger partial charge in [-0.3, -0.25) is 14.5 Å². The number of benzene rings is 3. The molecular weight excluding hydrogens is 440 g/mol. The highest BCUT2D eigenvalue weighted by Crippen LogP contribution is 2.26. The van der Waals surface area contributed by atoms with Crippen molar-refractivity contribution in [2.24, 2.45) is 0 Å². The van der Waals surface area contributed by atoms with Crippen molar-refractivity contribution in [2.45, 2.75) is 6.04 Å². The van der Waals surface area contributed by atoms with Gasteiger partial charge in [-0.05, 0) is 42.5 Å². The second-order valence-corrected chi connectivity index (χ2v) is 9.13. The molecule has 0 saturated carbocycles. The molecule has 176 valence electrons. The molecule has 3 aromatic carbocycles. The van der Waals surface area contributed by atoms with Gasteiger partial charge in [-0.25, -0.2) is 4.98 Å². The smallest absolute Gasteiger partial charge is 0.254 e. The number of carbonyl (C=O) groups is 2. The largest absolute Gasteiger partial charge is 0.436 e. The molecule has 2 fully saturated rings. The van der Waals surface area contributed by atoms with Crippen LogP contribution in [-0.2, 0) is 0 Å². The third-order valence-electron chi connectivity index (χ3n) is 6.94. The summed E-state index contributed by atoms with van der Waals surface area (Å²) in [7, 11) is 0. The summed E-state index contributed by atoms with van der Waals surface area (Å²) in [4.78, 5) is 36.5. The summed E-state index contributed by atoms with van der Waals surface area (Å²) >= 11 is 0. The van der Waals surface area contributed by atoms with Crippen LogP contribution in [0.2, 0.25) is 0 Å². The van der Waals surface area contributed by atoms with Gasteiger partial charge >= 0.3 is 0 Å². The minimum absolute atomic E-state index is 0.0188. The molecule has 2 saturated heterocycles. The lowest BCUT2D eigenvalue weighted by molar-refractivity contribution is 0.00854. The number of likely N-dealkylation sites (tertiary alicyclic amines) is 1. The Balaban J connectivity index is 1.05. The van der Waals surface area contributed by atoms with Crippen LogP contribution in [0.15, 0.2) is 83.3 Å². The van der Waals surface area contributed by atoms with E-state index < -0.39 is 0 Å². The lowest BCUT2D eigenvalue weighted by Gasteiger charge is -2.48. The fourth-order valence-electron chi connectivity index (χ4n) is 4.85. The van der Waals surface area contributed by atoms with Gasteiger partial charge in [0.2, 0.25) is 5.89 Å². The van der Waals surface area contributed by atoms with Gasteiger partial charge in [-0.2, -0.15) is 0 Å². The molecule has 35 heavy (non-hydrogen) atoms. The molecule has 0 N–H and O–H groups in total. The zero-order valence-electron chi connectivity index (χ0n) is 19.3. The summed E-state index contributed by atoms with van der Waals surface area (Å²) in [6.07, 6.45) is 0. The summed E-state index contributed by atoms with van der Waals surface area (Å²) in [6.45, 7) is 4.50. The third kappa shape index (κ3) is 4.19. The van der Waals surface area contributed by atoms with Crippen LogP contribution in [0, 0.1) is 0 Å². The highest BCUT2D eigenvalue weighted by Gasteiger charge is 2.37. The third-order valence-corrected chi connectivity index (χ3v) is 6.94. The average molecular weight is 467 g/mol. The van der Waals surface area contributed by atoms with Crippen molar-refractivity contribution in [1.29, 1.82) is 0 Å². The van der Waals surface area contributed by atoms with Gasteiger partial charge < -0.3 is 14.2 Å². The van der Waals surface area contributed by atoms with Crippen molar-refractivity contribution in [3.05, 3.63) is 90.0 Å². The lowest BCUT2D eigenvalue weighted by atomic mass is 10.0. The van der Waals surface area contributed by atoms with Gasteiger partial charge in [0.1, 0.15) is 5.52 Å². The molecule has 0 radical (unpaired) electrons. The van der Waals surface area contributed by atoms with Crippen molar-refractivity contribution in [3.63, 3.8) is 0 Å². The lowest BCUT2D eigenvalue weighted by Crippen LogP contribution is -2.64. The van der Waals surface area contributed by atoms with Crippen molar-refractivity contribution in [1.82, 2.24) is 19.7 Å². The van der Waals surface area contributed by atoms with Crippen molar-refractivity contribution in [2.75, 3.05) is 39.3 Å². The summed E-state index contributed by atoms with van der Waals surface area (Å²) < 4.78 is 5.87. The molecule has 0 unspecified atom stereocenters. The number of piperazine rings is 1. The van der Waals surface area contributed by atoms with E-state index in [1.54, 1.807) is 0 Å². The van der Waals surface area contributed by atoms with E-state index in [2.05, 4.69) is 9.88 Å². The van der Waals surface area contributed by atoms with Gasteiger partial charge in [-0.1, -0.05) is 36.4 Å². The van der Waals surface area contributed by atoms with Crippen LogP contribution < -0.4 is 0 Å². The molecular formula is C28H26N4O3. The molecule has 0 aliphatic carbocycles. The highest BCUT2D eigenvalue weighted by atomic mass is 16.3. The van der Waals surface area contributed by atoms with Gasteiger partial charge in [0.25, 0.3) is 11.8 Å². The number of carbonyl (C=O) groups excluding carboxylic acids is 2. The van der Waals surface area contributed by atoms with E-state index >= 15 is 0 Å². The van der Waals surface area contributed by atoms with Crippen LogP contribution in [-0.4, -0.2) is 76.8 Å². The number of nitrogens with zero attached hydrogens (tertiary/aromatic N) is 4. The molecule has 2 aliphatic rings. The molecule has 7 heteroatoms. The number of hydrogen-bond acceptors (Lipinski definition) is 5. The molecule has 2 amide bonds. The Morgan fingerprint density at radius 3 is 2.11 bits per heavy atom. The number of rotatable bonds is 4. The number of hydrogen-bond donors (Lipinski definition) is 0. The first kappa shape index (κ1) is 21.6. The molecule has 4 aromatic rings. The first-order valence-corrected chi connectivity index (χ1v) is 12.0. The molecule has 2 aliphatic heterocycles. The molecule has 0 atom stereocenters. The summed E-state index contributed by atoms with van der Waals surface area (Å²) in [5, 5.41) is 0. The Hall–Kier alpha value is -3.97. The number of amides is 2. The average Bonchev–Trinajstić information content (AvgIpc) is 3.32. The summed E-state index contributed by atoms with van der Waals surface area (Å²) in [5.74, 6) is 0.665. The molecule has 0 bridgehead atoms. The fourth-order valence-corrected chi connectivity index (χ4v) is 4.85. The van der Waals surface area contributed by atoms with Crippen LogP contribution in [0.1, 0.15) is 20.7 Å². The maximum Gasteiger partial charge on any atom is 0.254 e. The van der Waals surface area contributed by atoms with Gasteiger partial charge in [0.15, 0.2) is 5.58 Å². The van der Waals surface area contributed by atoms with Crippen LogP contribution in [0.25, 0.3) is 22.6 Å². The van der Waals surface area contributed by atoms with E-state index in [0.29, 0.717) is 54.8 Å². The zero-order valence-corrected chi connectivity index (χ0v) is 19.3. The molecule has 0 spiro atoms. The first-order chi connectivity index (χ1) is 17.2.